The summed E-state index contributed by atoms with van der Waals surface area (Å²) in [7, 11) is 0. The number of rotatable bonds is 7. The van der Waals surface area contributed by atoms with Gasteiger partial charge in [0.2, 0.25) is 0 Å². The minimum atomic E-state index is 0.679. The lowest BCUT2D eigenvalue weighted by Gasteiger charge is -1.97. The van der Waals surface area contributed by atoms with Crippen LogP contribution in [-0.2, 0) is 4.79 Å². The molecule has 12 heavy (non-hydrogen) atoms. The summed E-state index contributed by atoms with van der Waals surface area (Å²) in [4.78, 5) is 10.1. The van der Waals surface area contributed by atoms with Gasteiger partial charge in [-0.15, -0.1) is 0 Å². The number of halogens is 1. The molecule has 0 aliphatic rings. The first-order valence-corrected chi connectivity index (χ1v) is 5.50. The molecule has 0 unspecified atom stereocenters. The van der Waals surface area contributed by atoms with E-state index in [1.807, 2.05) is 5.94 Å². The van der Waals surface area contributed by atoms with Crippen LogP contribution in [0.3, 0.4) is 0 Å². The average Bonchev–Trinajstić information content (AvgIpc) is 2.10. The van der Waals surface area contributed by atoms with Crippen molar-refractivity contribution in [3.63, 3.8) is 0 Å². The Kier molecular flexibility index (Phi) is 8.97. The molecule has 0 aromatic heterocycles. The summed E-state index contributed by atoms with van der Waals surface area (Å²) in [6.07, 6.45) is 8.46. The molecule has 0 heterocycles. The second-order valence-electron chi connectivity index (χ2n) is 3.02. The van der Waals surface area contributed by atoms with Gasteiger partial charge < -0.3 is 0 Å². The van der Waals surface area contributed by atoms with E-state index in [1.54, 1.807) is 0 Å². The second-order valence-corrected chi connectivity index (χ2v) is 3.98. The van der Waals surface area contributed by atoms with Crippen LogP contribution in [0.5, 0.6) is 0 Å². The van der Waals surface area contributed by atoms with Gasteiger partial charge in [-0.2, -0.15) is 0 Å². The van der Waals surface area contributed by atoms with E-state index >= 15 is 0 Å². The van der Waals surface area contributed by atoms with Gasteiger partial charge in [0.15, 0.2) is 0 Å². The Hall–Kier alpha value is -0.0700. The van der Waals surface area contributed by atoms with Crippen molar-refractivity contribution in [2.24, 2.45) is 0 Å². The number of unbranched alkanes of at least 4 members (excludes halogenated alkanes) is 5. The summed E-state index contributed by atoms with van der Waals surface area (Å²) in [5.41, 5.74) is 0. The fourth-order valence-corrected chi connectivity index (χ4v) is 1.39. The van der Waals surface area contributed by atoms with Gasteiger partial charge in [0, 0.05) is 0 Å². The van der Waals surface area contributed by atoms with Gasteiger partial charge in [-0.25, -0.2) is 4.79 Å². The molecule has 0 spiro atoms. The van der Waals surface area contributed by atoms with E-state index in [4.69, 9.17) is 0 Å². The molecule has 0 saturated heterocycles. The molecule has 0 aromatic carbocycles. The molecule has 0 aliphatic carbocycles. The van der Waals surface area contributed by atoms with Crippen LogP contribution in [0.25, 0.3) is 0 Å². The van der Waals surface area contributed by atoms with Crippen molar-refractivity contribution < 1.29 is 4.79 Å². The van der Waals surface area contributed by atoms with Crippen molar-refractivity contribution in [2.75, 3.05) is 0 Å². The summed E-state index contributed by atoms with van der Waals surface area (Å²) in [5, 5.41) is 0. The van der Waals surface area contributed by atoms with E-state index in [0.717, 1.165) is 12.8 Å². The van der Waals surface area contributed by atoms with Crippen molar-refractivity contribution >= 4 is 21.9 Å². The number of hydrogen-bond donors (Lipinski definition) is 0. The van der Waals surface area contributed by atoms with E-state index in [2.05, 4.69) is 22.9 Å². The lowest BCUT2D eigenvalue weighted by atomic mass is 10.1. The summed E-state index contributed by atoms with van der Waals surface area (Å²) in [6, 6.07) is 0. The highest BCUT2D eigenvalue weighted by atomic mass is 79.9. The first kappa shape index (κ1) is 11.9. The van der Waals surface area contributed by atoms with Gasteiger partial charge in [-0.3, -0.25) is 0 Å². The van der Waals surface area contributed by atoms with Crippen molar-refractivity contribution in [1.29, 1.82) is 0 Å². The number of allylic oxidation sites excluding steroid dienone is 1. The summed E-state index contributed by atoms with van der Waals surface area (Å²) in [5.74, 6) is 1.85. The van der Waals surface area contributed by atoms with E-state index < -0.39 is 0 Å². The molecule has 0 fully saturated rings. The van der Waals surface area contributed by atoms with Gasteiger partial charge in [0.25, 0.3) is 0 Å². The van der Waals surface area contributed by atoms with Crippen LogP contribution in [-0.4, -0.2) is 5.94 Å². The Bertz CT molecular complexity index is 148. The van der Waals surface area contributed by atoms with Crippen LogP contribution in [0, 0.1) is 0 Å². The molecule has 0 radical (unpaired) electrons. The van der Waals surface area contributed by atoms with Crippen LogP contribution in [0.1, 0.15) is 51.9 Å². The summed E-state index contributed by atoms with van der Waals surface area (Å²) < 4.78 is 0.679. The topological polar surface area (TPSA) is 17.1 Å². The Morgan fingerprint density at radius 1 is 1.17 bits per heavy atom. The van der Waals surface area contributed by atoms with E-state index in [-0.39, 0.29) is 0 Å². The minimum Gasteiger partial charge on any atom is -0.233 e. The smallest absolute Gasteiger partial charge is 0.135 e. The Morgan fingerprint density at radius 3 is 2.33 bits per heavy atom. The van der Waals surface area contributed by atoms with Crippen LogP contribution < -0.4 is 0 Å². The SMILES string of the molecule is CCCCCCCCC(Br)=C=O. The molecule has 70 valence electrons. The second kappa shape index (κ2) is 9.02. The lowest BCUT2D eigenvalue weighted by molar-refractivity contribution is 0.566. The number of hydrogen-bond acceptors (Lipinski definition) is 1. The zero-order chi connectivity index (χ0) is 9.23. The third-order valence-electron chi connectivity index (χ3n) is 1.86. The molecule has 0 amide bonds. The largest absolute Gasteiger partial charge is 0.233 e. The molecule has 1 nitrogen and oxygen atoms in total. The van der Waals surface area contributed by atoms with Gasteiger partial charge in [-0.1, -0.05) is 39.0 Å². The summed E-state index contributed by atoms with van der Waals surface area (Å²) >= 11 is 3.15. The normalized spacial score (nSPS) is 9.50. The molecule has 0 rings (SSSR count). The van der Waals surface area contributed by atoms with Gasteiger partial charge in [-0.05, 0) is 28.8 Å². The fourth-order valence-electron chi connectivity index (χ4n) is 1.11. The van der Waals surface area contributed by atoms with Crippen molar-refractivity contribution in [1.82, 2.24) is 0 Å². The third kappa shape index (κ3) is 8.03. The minimum absolute atomic E-state index is 0.679. The monoisotopic (exact) mass is 232 g/mol. The maximum absolute atomic E-state index is 10.1. The summed E-state index contributed by atoms with van der Waals surface area (Å²) in [6.45, 7) is 2.21. The standard InChI is InChI=1S/C10H17BrO/c1-2-3-4-5-6-7-8-10(11)9-12/h2-8H2,1H3. The molecule has 0 bridgehead atoms. The highest BCUT2D eigenvalue weighted by Crippen LogP contribution is 2.13. The maximum atomic E-state index is 10.1. The van der Waals surface area contributed by atoms with E-state index in [9.17, 15) is 4.79 Å². The highest BCUT2D eigenvalue weighted by molar-refractivity contribution is 9.11. The van der Waals surface area contributed by atoms with Crippen molar-refractivity contribution in [2.45, 2.75) is 51.9 Å². The Labute approximate surface area is 83.4 Å². The Morgan fingerprint density at radius 2 is 1.75 bits per heavy atom. The first-order chi connectivity index (χ1) is 5.81. The van der Waals surface area contributed by atoms with Gasteiger partial charge in [0.1, 0.15) is 5.94 Å². The third-order valence-corrected chi connectivity index (χ3v) is 2.42. The molecule has 0 atom stereocenters. The van der Waals surface area contributed by atoms with E-state index in [1.165, 1.54) is 32.1 Å². The zero-order valence-corrected chi connectivity index (χ0v) is 9.32. The predicted octanol–water partition coefficient (Wildman–Crippen LogP) is 3.85. The maximum Gasteiger partial charge on any atom is 0.135 e. The number of carbonyl (C=O) groups excluding carboxylic acids is 1. The molecule has 0 N–H and O–H groups in total. The van der Waals surface area contributed by atoms with Crippen LogP contribution in [0.4, 0.5) is 0 Å². The fraction of sp³-hybridized carbons (Fsp3) is 0.800. The van der Waals surface area contributed by atoms with E-state index in [0.29, 0.717) is 4.48 Å². The van der Waals surface area contributed by atoms with Gasteiger partial charge >= 0.3 is 0 Å². The van der Waals surface area contributed by atoms with Crippen molar-refractivity contribution in [3.8, 4) is 0 Å². The van der Waals surface area contributed by atoms with Crippen LogP contribution in [0.15, 0.2) is 4.48 Å². The first-order valence-electron chi connectivity index (χ1n) is 4.70. The molecule has 0 saturated carbocycles. The molecular weight excluding hydrogens is 216 g/mol. The van der Waals surface area contributed by atoms with Crippen molar-refractivity contribution in [3.05, 3.63) is 4.48 Å². The van der Waals surface area contributed by atoms with Crippen LogP contribution in [0.2, 0.25) is 0 Å². The average molecular weight is 233 g/mol. The zero-order valence-electron chi connectivity index (χ0n) is 7.74. The predicted molar refractivity (Wildman–Crippen MR) is 56.1 cm³/mol. The molecular formula is C10H17BrO. The Balaban J connectivity index is 3.06. The quantitative estimate of drug-likeness (QED) is 0.482. The molecule has 0 aliphatic heterocycles. The van der Waals surface area contributed by atoms with Crippen LogP contribution >= 0.6 is 15.9 Å². The lowest BCUT2D eigenvalue weighted by Crippen LogP contribution is -1.79. The molecule has 2 heteroatoms. The van der Waals surface area contributed by atoms with Gasteiger partial charge in [0.05, 0.1) is 4.48 Å². The highest BCUT2D eigenvalue weighted by Gasteiger charge is 1.93. The molecule has 0 aromatic rings.